The molecule has 2 aliphatic heterocycles. The molecule has 9 nitrogen and oxygen atoms in total. The molecule has 0 radical (unpaired) electrons. The first-order chi connectivity index (χ1) is 16.5. The largest absolute Gasteiger partial charge is 0.384 e. The van der Waals surface area contributed by atoms with Crippen LogP contribution in [0.4, 0.5) is 17.1 Å². The van der Waals surface area contributed by atoms with Gasteiger partial charge in [-0.25, -0.2) is 0 Å². The standard InChI is InChI=1S/C26H23N5O4/c1-14-4-9-19-17(10-14)26(24(33)29-19)18(13-27)23(28)30(15-5-7-16(8-6-15)31(34)35)20-11-25(2,3)12-21(32)22(20)26/h4-10H,11-12,28H2,1-3H3,(H,29,33). The van der Waals surface area contributed by atoms with Gasteiger partial charge in [0, 0.05) is 46.8 Å². The number of carbonyl (C=O) groups is 2. The molecule has 9 heteroatoms. The molecule has 0 saturated carbocycles. The van der Waals surface area contributed by atoms with Gasteiger partial charge in [-0.3, -0.25) is 24.6 Å². The van der Waals surface area contributed by atoms with E-state index in [1.165, 1.54) is 24.3 Å². The molecular formula is C26H23N5O4. The van der Waals surface area contributed by atoms with Crippen LogP contribution in [-0.4, -0.2) is 16.6 Å². The maximum atomic E-state index is 13.8. The van der Waals surface area contributed by atoms with Crippen molar-refractivity contribution < 1.29 is 14.5 Å². The highest BCUT2D eigenvalue weighted by Gasteiger charge is 2.61. The smallest absolute Gasteiger partial charge is 0.269 e. The average molecular weight is 470 g/mol. The van der Waals surface area contributed by atoms with Gasteiger partial charge in [0.25, 0.3) is 5.69 Å². The summed E-state index contributed by atoms with van der Waals surface area (Å²) in [4.78, 5) is 39.8. The summed E-state index contributed by atoms with van der Waals surface area (Å²) < 4.78 is 0. The Morgan fingerprint density at radius 3 is 2.46 bits per heavy atom. The fraction of sp³-hybridized carbons (Fsp3) is 0.269. The summed E-state index contributed by atoms with van der Waals surface area (Å²) in [6.07, 6.45) is 0.620. The van der Waals surface area contributed by atoms with Crippen molar-refractivity contribution in [3.63, 3.8) is 0 Å². The predicted octanol–water partition coefficient (Wildman–Crippen LogP) is 3.95. The zero-order valence-electron chi connectivity index (χ0n) is 19.5. The molecule has 2 aromatic carbocycles. The van der Waals surface area contributed by atoms with Crippen LogP contribution in [0.1, 0.15) is 37.8 Å². The van der Waals surface area contributed by atoms with Crippen molar-refractivity contribution in [3.8, 4) is 6.07 Å². The number of nitriles is 1. The number of nitro benzene ring substituents is 1. The number of hydrogen-bond donors (Lipinski definition) is 2. The molecule has 1 amide bonds. The van der Waals surface area contributed by atoms with Crippen LogP contribution < -0.4 is 16.0 Å². The average Bonchev–Trinajstić information content (AvgIpc) is 3.05. The number of hydrogen-bond acceptors (Lipinski definition) is 7. The topological polar surface area (TPSA) is 142 Å². The number of ketones is 1. The Balaban J connectivity index is 1.86. The number of fused-ring (bicyclic) bond motifs is 3. The Morgan fingerprint density at radius 2 is 1.83 bits per heavy atom. The number of nitrogens with one attached hydrogen (secondary N) is 1. The Morgan fingerprint density at radius 1 is 1.14 bits per heavy atom. The van der Waals surface area contributed by atoms with Crippen LogP contribution in [0.15, 0.2) is 65.1 Å². The van der Waals surface area contributed by atoms with Gasteiger partial charge >= 0.3 is 0 Å². The minimum absolute atomic E-state index is 0.0232. The second-order valence-corrected chi connectivity index (χ2v) is 10.00. The van der Waals surface area contributed by atoms with Crippen LogP contribution in [0.2, 0.25) is 0 Å². The van der Waals surface area contributed by atoms with Gasteiger partial charge in [0.1, 0.15) is 17.3 Å². The molecule has 2 heterocycles. The normalized spacial score (nSPS) is 22.6. The summed E-state index contributed by atoms with van der Waals surface area (Å²) in [5, 5.41) is 24.4. The summed E-state index contributed by atoms with van der Waals surface area (Å²) in [7, 11) is 0. The molecule has 2 aromatic rings. The lowest BCUT2D eigenvalue weighted by Crippen LogP contribution is -2.52. The summed E-state index contributed by atoms with van der Waals surface area (Å²) in [6.45, 7) is 5.80. The molecule has 1 unspecified atom stereocenters. The Hall–Kier alpha value is -4.45. The van der Waals surface area contributed by atoms with Crippen LogP contribution >= 0.6 is 0 Å². The molecule has 5 rings (SSSR count). The molecule has 0 saturated heterocycles. The molecule has 1 atom stereocenters. The van der Waals surface area contributed by atoms with Crippen LogP contribution in [0, 0.1) is 33.8 Å². The molecule has 1 aliphatic carbocycles. The van der Waals surface area contributed by atoms with Gasteiger partial charge in [-0.1, -0.05) is 31.5 Å². The van der Waals surface area contributed by atoms with E-state index in [0.717, 1.165) is 5.56 Å². The van der Waals surface area contributed by atoms with Gasteiger partial charge in [-0.05, 0) is 37.0 Å². The van der Waals surface area contributed by atoms with Crippen molar-refractivity contribution in [2.75, 3.05) is 10.2 Å². The molecule has 35 heavy (non-hydrogen) atoms. The van der Waals surface area contributed by atoms with Gasteiger partial charge in [0.2, 0.25) is 5.91 Å². The second kappa shape index (κ2) is 7.27. The van der Waals surface area contributed by atoms with Crippen LogP contribution in [0.3, 0.4) is 0 Å². The highest BCUT2D eigenvalue weighted by atomic mass is 16.6. The lowest BCUT2D eigenvalue weighted by atomic mass is 9.60. The summed E-state index contributed by atoms with van der Waals surface area (Å²) in [5.41, 5.74) is 7.61. The number of rotatable bonds is 2. The number of amides is 1. The van der Waals surface area contributed by atoms with E-state index in [-0.39, 0.29) is 34.9 Å². The predicted molar refractivity (Wildman–Crippen MR) is 129 cm³/mol. The monoisotopic (exact) mass is 469 g/mol. The SMILES string of the molecule is Cc1ccc2c(c1)C1(C(=O)N2)C(C#N)=C(N)N(c2ccc([N+](=O)[O-])cc2)C2=C1C(=O)CC(C)(C)C2. The third-order valence-corrected chi connectivity index (χ3v) is 6.97. The third kappa shape index (κ3) is 2.99. The minimum atomic E-state index is -1.65. The van der Waals surface area contributed by atoms with E-state index < -0.39 is 21.7 Å². The number of nitrogens with zero attached hydrogens (tertiary/aromatic N) is 3. The highest BCUT2D eigenvalue weighted by Crippen LogP contribution is 2.57. The van der Waals surface area contributed by atoms with Gasteiger partial charge in [-0.15, -0.1) is 0 Å². The van der Waals surface area contributed by atoms with E-state index in [9.17, 15) is 25.0 Å². The fourth-order valence-corrected chi connectivity index (χ4v) is 5.55. The summed E-state index contributed by atoms with van der Waals surface area (Å²) in [5.74, 6) is -0.690. The zero-order chi connectivity index (χ0) is 25.3. The lowest BCUT2D eigenvalue weighted by molar-refractivity contribution is -0.384. The summed E-state index contributed by atoms with van der Waals surface area (Å²) >= 11 is 0. The number of nitro groups is 1. The van der Waals surface area contributed by atoms with Crippen LogP contribution in [-0.2, 0) is 15.0 Å². The maximum Gasteiger partial charge on any atom is 0.269 e. The Bertz CT molecular complexity index is 1450. The lowest BCUT2D eigenvalue weighted by Gasteiger charge is -2.46. The van der Waals surface area contributed by atoms with Crippen molar-refractivity contribution in [1.29, 1.82) is 5.26 Å². The number of nitrogens with two attached hydrogens (primary N) is 1. The zero-order valence-corrected chi connectivity index (χ0v) is 19.5. The van der Waals surface area contributed by atoms with Crippen molar-refractivity contribution in [2.24, 2.45) is 11.1 Å². The number of Topliss-reactive ketones (excluding diaryl/α,β-unsaturated/α-hetero) is 1. The maximum absolute atomic E-state index is 13.8. The molecule has 3 N–H and O–H groups in total. The quantitative estimate of drug-likeness (QED) is 0.501. The molecule has 176 valence electrons. The second-order valence-electron chi connectivity index (χ2n) is 10.00. The van der Waals surface area contributed by atoms with Crippen molar-refractivity contribution in [2.45, 2.75) is 39.0 Å². The van der Waals surface area contributed by atoms with Gasteiger partial charge < -0.3 is 11.1 Å². The third-order valence-electron chi connectivity index (χ3n) is 6.97. The summed E-state index contributed by atoms with van der Waals surface area (Å²) in [6, 6.07) is 13.3. The number of benzene rings is 2. The Kier molecular flexibility index (Phi) is 4.64. The van der Waals surface area contributed by atoms with E-state index in [4.69, 9.17) is 5.73 Å². The first-order valence-electron chi connectivity index (χ1n) is 11.2. The fourth-order valence-electron chi connectivity index (χ4n) is 5.55. The van der Waals surface area contributed by atoms with E-state index in [2.05, 4.69) is 11.4 Å². The number of carbonyl (C=O) groups excluding carboxylic acids is 2. The van der Waals surface area contributed by atoms with E-state index in [1.54, 1.807) is 11.0 Å². The van der Waals surface area contributed by atoms with E-state index in [1.807, 2.05) is 32.9 Å². The van der Waals surface area contributed by atoms with Crippen molar-refractivity contribution in [1.82, 2.24) is 0 Å². The molecule has 0 bridgehead atoms. The number of anilines is 2. The number of non-ortho nitro benzene ring substituents is 1. The van der Waals surface area contributed by atoms with Crippen molar-refractivity contribution in [3.05, 3.63) is 86.4 Å². The first kappa shape index (κ1) is 22.3. The molecular weight excluding hydrogens is 446 g/mol. The van der Waals surface area contributed by atoms with Crippen LogP contribution in [0.5, 0.6) is 0 Å². The molecule has 0 aromatic heterocycles. The molecule has 0 fully saturated rings. The number of aryl methyl sites for hydroxylation is 1. The van der Waals surface area contributed by atoms with Crippen LogP contribution in [0.25, 0.3) is 0 Å². The Labute approximate surface area is 201 Å². The van der Waals surface area contributed by atoms with Gasteiger partial charge in [0.15, 0.2) is 5.78 Å². The van der Waals surface area contributed by atoms with Gasteiger partial charge in [0.05, 0.1) is 10.5 Å². The van der Waals surface area contributed by atoms with Crippen molar-refractivity contribution >= 4 is 28.8 Å². The van der Waals surface area contributed by atoms with E-state index in [0.29, 0.717) is 29.1 Å². The van der Waals surface area contributed by atoms with Gasteiger partial charge in [-0.2, -0.15) is 5.26 Å². The number of allylic oxidation sites excluding steroid dienone is 1. The highest BCUT2D eigenvalue weighted by molar-refractivity contribution is 6.20. The minimum Gasteiger partial charge on any atom is -0.384 e. The van der Waals surface area contributed by atoms with E-state index >= 15 is 0 Å². The first-order valence-corrected chi connectivity index (χ1v) is 11.2. The molecule has 1 spiro atoms. The molecule has 3 aliphatic rings.